The second kappa shape index (κ2) is 6.66. The van der Waals surface area contributed by atoms with Crippen LogP contribution < -0.4 is 15.5 Å². The smallest absolute Gasteiger partial charge is 0.140 e. The predicted molar refractivity (Wildman–Crippen MR) is 118 cm³/mol. The number of hydrogen-bond acceptors (Lipinski definition) is 7. The van der Waals surface area contributed by atoms with Gasteiger partial charge in [-0.1, -0.05) is 12.1 Å². The van der Waals surface area contributed by atoms with Crippen molar-refractivity contribution < 1.29 is 0 Å². The van der Waals surface area contributed by atoms with Crippen LogP contribution in [0.1, 0.15) is 6.42 Å². The van der Waals surface area contributed by atoms with Crippen molar-refractivity contribution in [3.05, 3.63) is 67.3 Å². The number of anilines is 3. The van der Waals surface area contributed by atoms with Crippen molar-refractivity contribution in [2.45, 2.75) is 18.5 Å². The molecule has 2 saturated heterocycles. The van der Waals surface area contributed by atoms with E-state index in [1.165, 1.54) is 0 Å². The Morgan fingerprint density at radius 1 is 0.800 bits per heavy atom. The molecule has 7 nitrogen and oxygen atoms in total. The zero-order chi connectivity index (χ0) is 20.1. The SMILES string of the molecule is Nc1cc(-c2ccc3ncnc(N4C[C@@H]5C[C@H]4CN5c4ccccn4)c3c2)ccn1. The summed E-state index contributed by atoms with van der Waals surface area (Å²) in [7, 11) is 0. The topological polar surface area (TPSA) is 84.1 Å². The molecule has 6 rings (SSSR count). The van der Waals surface area contributed by atoms with Gasteiger partial charge in [0, 0.05) is 30.9 Å². The maximum Gasteiger partial charge on any atom is 0.140 e. The minimum atomic E-state index is 0.426. The standard InChI is InChI=1S/C23H21N7/c24-21-10-16(6-8-25-21)15-4-5-20-19(9-15)23(28-14-27-20)30-13-17-11-18(30)12-29(17)22-3-1-2-7-26-22/h1-10,14,17-18H,11-13H2,(H2,24,25)/t17-,18-/m0/s1. The van der Waals surface area contributed by atoms with Crippen LogP contribution in [0.4, 0.5) is 17.5 Å². The van der Waals surface area contributed by atoms with Crippen molar-refractivity contribution in [3.8, 4) is 11.1 Å². The highest BCUT2D eigenvalue weighted by Crippen LogP contribution is 2.38. The lowest BCUT2D eigenvalue weighted by atomic mass is 10.0. The molecular formula is C23H21N7. The zero-order valence-electron chi connectivity index (χ0n) is 16.4. The van der Waals surface area contributed by atoms with Crippen molar-refractivity contribution in [3.63, 3.8) is 0 Å². The van der Waals surface area contributed by atoms with E-state index in [0.717, 1.165) is 53.2 Å². The Balaban J connectivity index is 1.36. The quantitative estimate of drug-likeness (QED) is 0.570. The van der Waals surface area contributed by atoms with Crippen LogP contribution in [0.5, 0.6) is 0 Å². The third-order valence-electron chi connectivity index (χ3n) is 6.18. The van der Waals surface area contributed by atoms with Crippen LogP contribution >= 0.6 is 0 Å². The third-order valence-corrected chi connectivity index (χ3v) is 6.18. The Morgan fingerprint density at radius 3 is 2.47 bits per heavy atom. The summed E-state index contributed by atoms with van der Waals surface area (Å²) in [4.78, 5) is 22.7. The highest BCUT2D eigenvalue weighted by molar-refractivity contribution is 5.93. The molecule has 0 unspecified atom stereocenters. The maximum atomic E-state index is 5.89. The number of pyridine rings is 2. The molecule has 0 amide bonds. The second-order valence-corrected chi connectivity index (χ2v) is 7.93. The van der Waals surface area contributed by atoms with E-state index in [-0.39, 0.29) is 0 Å². The minimum absolute atomic E-state index is 0.426. The molecule has 0 spiro atoms. The van der Waals surface area contributed by atoms with Gasteiger partial charge in [0.1, 0.15) is 23.8 Å². The summed E-state index contributed by atoms with van der Waals surface area (Å²) in [5, 5.41) is 1.07. The number of nitrogens with zero attached hydrogens (tertiary/aromatic N) is 6. The summed E-state index contributed by atoms with van der Waals surface area (Å²) in [6, 6.07) is 17.2. The van der Waals surface area contributed by atoms with Gasteiger partial charge in [0.05, 0.1) is 17.6 Å². The molecule has 2 aliphatic rings. The lowest BCUT2D eigenvalue weighted by Gasteiger charge is -2.35. The zero-order valence-corrected chi connectivity index (χ0v) is 16.4. The average molecular weight is 395 g/mol. The van der Waals surface area contributed by atoms with Gasteiger partial charge >= 0.3 is 0 Å². The van der Waals surface area contributed by atoms with Gasteiger partial charge in [0.25, 0.3) is 0 Å². The summed E-state index contributed by atoms with van der Waals surface area (Å²) >= 11 is 0. The van der Waals surface area contributed by atoms with E-state index >= 15 is 0 Å². The predicted octanol–water partition coefficient (Wildman–Crippen LogP) is 3.14. The highest BCUT2D eigenvalue weighted by Gasteiger charge is 2.44. The van der Waals surface area contributed by atoms with Gasteiger partial charge in [0.2, 0.25) is 0 Å². The maximum absolute atomic E-state index is 5.89. The summed E-state index contributed by atoms with van der Waals surface area (Å²) in [5.74, 6) is 2.59. The van der Waals surface area contributed by atoms with Gasteiger partial charge in [-0.3, -0.25) is 0 Å². The van der Waals surface area contributed by atoms with E-state index in [0.29, 0.717) is 17.9 Å². The van der Waals surface area contributed by atoms with Crippen LogP contribution in [0.3, 0.4) is 0 Å². The monoisotopic (exact) mass is 395 g/mol. The average Bonchev–Trinajstić information content (AvgIpc) is 3.40. The molecule has 5 heterocycles. The van der Waals surface area contributed by atoms with Gasteiger partial charge in [-0.05, 0) is 53.9 Å². The van der Waals surface area contributed by atoms with Gasteiger partial charge in [-0.15, -0.1) is 0 Å². The van der Waals surface area contributed by atoms with E-state index in [1.54, 1.807) is 12.5 Å². The fourth-order valence-corrected chi connectivity index (χ4v) is 4.81. The van der Waals surface area contributed by atoms with Crippen molar-refractivity contribution in [2.75, 3.05) is 28.6 Å². The summed E-state index contributed by atoms with van der Waals surface area (Å²) in [5.41, 5.74) is 8.97. The molecule has 7 heteroatoms. The van der Waals surface area contributed by atoms with Crippen LogP contribution in [0.15, 0.2) is 67.3 Å². The Kier molecular flexibility index (Phi) is 3.80. The fourth-order valence-electron chi connectivity index (χ4n) is 4.81. The van der Waals surface area contributed by atoms with E-state index in [1.807, 2.05) is 24.4 Å². The number of piperazine rings is 1. The second-order valence-electron chi connectivity index (χ2n) is 7.93. The molecule has 2 aliphatic heterocycles. The lowest BCUT2D eigenvalue weighted by molar-refractivity contribution is 0.637. The van der Waals surface area contributed by atoms with Crippen molar-refractivity contribution >= 4 is 28.4 Å². The van der Waals surface area contributed by atoms with Crippen LogP contribution in [-0.4, -0.2) is 45.1 Å². The first-order valence-electron chi connectivity index (χ1n) is 10.2. The fraction of sp³-hybridized carbons (Fsp3) is 0.217. The molecular weight excluding hydrogens is 374 g/mol. The van der Waals surface area contributed by atoms with E-state index < -0.39 is 0 Å². The van der Waals surface area contributed by atoms with Crippen molar-refractivity contribution in [1.29, 1.82) is 0 Å². The van der Waals surface area contributed by atoms with Gasteiger partial charge < -0.3 is 15.5 Å². The Bertz CT molecular complexity index is 1230. The van der Waals surface area contributed by atoms with Crippen LogP contribution in [0, 0.1) is 0 Å². The summed E-state index contributed by atoms with van der Waals surface area (Å²) < 4.78 is 0. The Morgan fingerprint density at radius 2 is 1.67 bits per heavy atom. The molecule has 0 saturated carbocycles. The lowest BCUT2D eigenvalue weighted by Crippen LogP contribution is -2.47. The van der Waals surface area contributed by atoms with Crippen LogP contribution in [-0.2, 0) is 0 Å². The number of benzene rings is 1. The number of nitrogen functional groups attached to an aromatic ring is 1. The molecule has 2 N–H and O–H groups in total. The first-order chi connectivity index (χ1) is 14.8. The number of fused-ring (bicyclic) bond motifs is 3. The first kappa shape index (κ1) is 17.1. The number of rotatable bonds is 3. The van der Waals surface area contributed by atoms with Gasteiger partial charge in [0.15, 0.2) is 0 Å². The molecule has 4 aromatic rings. The molecule has 1 aromatic carbocycles. The van der Waals surface area contributed by atoms with Crippen molar-refractivity contribution in [2.24, 2.45) is 0 Å². The third kappa shape index (κ3) is 2.74. The molecule has 3 aromatic heterocycles. The molecule has 0 aliphatic carbocycles. The van der Waals surface area contributed by atoms with Crippen LogP contribution in [0.2, 0.25) is 0 Å². The molecule has 2 bridgehead atoms. The van der Waals surface area contributed by atoms with Gasteiger partial charge in [-0.2, -0.15) is 0 Å². The Hall–Kier alpha value is -3.74. The minimum Gasteiger partial charge on any atom is -0.384 e. The molecule has 2 atom stereocenters. The van der Waals surface area contributed by atoms with E-state index in [9.17, 15) is 0 Å². The van der Waals surface area contributed by atoms with E-state index in [4.69, 9.17) is 10.7 Å². The van der Waals surface area contributed by atoms with Crippen molar-refractivity contribution in [1.82, 2.24) is 19.9 Å². The molecule has 30 heavy (non-hydrogen) atoms. The summed E-state index contributed by atoms with van der Waals surface area (Å²) in [6.45, 7) is 1.91. The number of nitrogens with two attached hydrogens (primary N) is 1. The highest BCUT2D eigenvalue weighted by atomic mass is 15.4. The van der Waals surface area contributed by atoms with E-state index in [2.05, 4.69) is 55.1 Å². The number of hydrogen-bond donors (Lipinski definition) is 1. The largest absolute Gasteiger partial charge is 0.384 e. The molecule has 0 radical (unpaired) electrons. The Labute approximate surface area is 174 Å². The normalized spacial score (nSPS) is 20.3. The summed E-state index contributed by atoms with van der Waals surface area (Å²) in [6.07, 6.45) is 6.40. The first-order valence-corrected chi connectivity index (χ1v) is 10.2. The molecule has 148 valence electrons. The van der Waals surface area contributed by atoms with Crippen LogP contribution in [0.25, 0.3) is 22.0 Å². The number of aromatic nitrogens is 4. The van der Waals surface area contributed by atoms with Gasteiger partial charge in [-0.25, -0.2) is 19.9 Å². The molecule has 2 fully saturated rings.